The van der Waals surface area contributed by atoms with Crippen LogP contribution in [0.5, 0.6) is 0 Å². The van der Waals surface area contributed by atoms with Crippen molar-refractivity contribution in [2.75, 3.05) is 7.11 Å². The molecule has 1 aliphatic carbocycles. The first-order chi connectivity index (χ1) is 9.35. The van der Waals surface area contributed by atoms with Gasteiger partial charge < -0.3 is 4.74 Å². The van der Waals surface area contributed by atoms with Gasteiger partial charge in [0.25, 0.3) is 0 Å². The van der Waals surface area contributed by atoms with Crippen molar-refractivity contribution in [1.82, 2.24) is 0 Å². The molecule has 0 N–H and O–H groups in total. The molecule has 2 rings (SSSR count). The molecule has 0 amide bonds. The van der Waals surface area contributed by atoms with E-state index in [0.29, 0.717) is 12.2 Å². The van der Waals surface area contributed by atoms with Gasteiger partial charge in [0.15, 0.2) is 5.78 Å². The lowest BCUT2D eigenvalue weighted by Gasteiger charge is -2.30. The minimum absolute atomic E-state index is 0.0167. The van der Waals surface area contributed by atoms with Gasteiger partial charge in [-0.25, -0.2) is 4.39 Å². The Morgan fingerprint density at radius 1 is 1.25 bits per heavy atom. The topological polar surface area (TPSA) is 43.4 Å². The lowest BCUT2D eigenvalue weighted by atomic mass is 9.75. The zero-order valence-corrected chi connectivity index (χ0v) is 11.8. The van der Waals surface area contributed by atoms with Crippen LogP contribution < -0.4 is 0 Å². The normalized spacial score (nSPS) is 18.1. The molecular weight excluding hydrogens is 259 g/mol. The highest BCUT2D eigenvalue weighted by Crippen LogP contribution is 2.38. The summed E-state index contributed by atoms with van der Waals surface area (Å²) in [5.74, 6) is -1.16. The summed E-state index contributed by atoms with van der Waals surface area (Å²) in [5, 5.41) is 0. The van der Waals surface area contributed by atoms with Crippen LogP contribution in [-0.4, -0.2) is 18.7 Å². The molecule has 0 unspecified atom stereocenters. The first-order valence-corrected chi connectivity index (χ1v) is 6.45. The minimum atomic E-state index is -0.627. The van der Waals surface area contributed by atoms with Crippen molar-refractivity contribution in [2.24, 2.45) is 5.41 Å². The van der Waals surface area contributed by atoms with Gasteiger partial charge >= 0.3 is 0 Å². The number of benzene rings is 1. The smallest absolute Gasteiger partial charge is 0.202 e. The molecule has 0 spiro atoms. The first-order valence-electron chi connectivity index (χ1n) is 6.45. The largest absolute Gasteiger partial charge is 0.500 e. The van der Waals surface area contributed by atoms with Gasteiger partial charge in [0.1, 0.15) is 17.1 Å². The number of rotatable bonds is 3. The van der Waals surface area contributed by atoms with Crippen LogP contribution in [-0.2, 0) is 9.53 Å². The van der Waals surface area contributed by atoms with Crippen molar-refractivity contribution in [3.63, 3.8) is 0 Å². The van der Waals surface area contributed by atoms with Gasteiger partial charge in [-0.2, -0.15) is 0 Å². The molecule has 106 valence electrons. The standard InChI is InChI=1S/C16H17FO3/c1-16(2)8-12(18)14(13(9-16)20-3)15(19)10-6-4-5-7-11(10)17/h4-7H,8-9H2,1-3H3. The van der Waals surface area contributed by atoms with Crippen LogP contribution in [0.4, 0.5) is 4.39 Å². The van der Waals surface area contributed by atoms with E-state index in [2.05, 4.69) is 0 Å². The fourth-order valence-electron chi connectivity index (χ4n) is 2.47. The summed E-state index contributed by atoms with van der Waals surface area (Å²) in [6.45, 7) is 3.88. The van der Waals surface area contributed by atoms with Crippen molar-refractivity contribution in [3.8, 4) is 0 Å². The summed E-state index contributed by atoms with van der Waals surface area (Å²) >= 11 is 0. The molecule has 0 aromatic heterocycles. The van der Waals surface area contributed by atoms with E-state index in [0.717, 1.165) is 0 Å². The molecule has 0 heterocycles. The zero-order valence-electron chi connectivity index (χ0n) is 11.8. The van der Waals surface area contributed by atoms with Gasteiger partial charge in [-0.05, 0) is 17.5 Å². The SMILES string of the molecule is COC1=C(C(=O)c2ccccc2F)C(=O)CC(C)(C)C1. The second-order valence-corrected chi connectivity index (χ2v) is 5.75. The quantitative estimate of drug-likeness (QED) is 0.628. The summed E-state index contributed by atoms with van der Waals surface area (Å²) in [6.07, 6.45) is 0.750. The van der Waals surface area contributed by atoms with Gasteiger partial charge in [-0.15, -0.1) is 0 Å². The summed E-state index contributed by atoms with van der Waals surface area (Å²) in [5.41, 5.74) is -0.358. The number of carbonyl (C=O) groups excluding carboxylic acids is 2. The Bertz CT molecular complexity index is 599. The number of Topliss-reactive ketones (excluding diaryl/α,β-unsaturated/α-hetero) is 2. The average molecular weight is 276 g/mol. The second-order valence-electron chi connectivity index (χ2n) is 5.75. The Morgan fingerprint density at radius 2 is 1.90 bits per heavy atom. The average Bonchev–Trinajstić information content (AvgIpc) is 2.36. The van der Waals surface area contributed by atoms with E-state index in [-0.39, 0.29) is 28.8 Å². The fourth-order valence-corrected chi connectivity index (χ4v) is 2.47. The number of hydrogen-bond donors (Lipinski definition) is 0. The van der Waals surface area contributed by atoms with Gasteiger partial charge in [0.2, 0.25) is 5.78 Å². The third-order valence-corrected chi connectivity index (χ3v) is 3.43. The maximum absolute atomic E-state index is 13.7. The molecule has 0 radical (unpaired) electrons. The molecule has 3 nitrogen and oxygen atoms in total. The molecule has 20 heavy (non-hydrogen) atoms. The van der Waals surface area contributed by atoms with Gasteiger partial charge in [0.05, 0.1) is 12.7 Å². The Labute approximate surface area is 117 Å². The Kier molecular flexibility index (Phi) is 3.75. The van der Waals surface area contributed by atoms with Crippen LogP contribution >= 0.6 is 0 Å². The highest BCUT2D eigenvalue weighted by molar-refractivity contribution is 6.27. The maximum atomic E-state index is 13.7. The number of ether oxygens (including phenoxy) is 1. The highest BCUT2D eigenvalue weighted by atomic mass is 19.1. The molecule has 1 aromatic carbocycles. The van der Waals surface area contributed by atoms with E-state index in [4.69, 9.17) is 4.74 Å². The van der Waals surface area contributed by atoms with Crippen LogP contribution in [0, 0.1) is 11.2 Å². The predicted octanol–water partition coefficient (Wildman–Crippen LogP) is 3.30. The van der Waals surface area contributed by atoms with Crippen molar-refractivity contribution >= 4 is 11.6 Å². The molecule has 0 atom stereocenters. The van der Waals surface area contributed by atoms with E-state index in [9.17, 15) is 14.0 Å². The molecule has 0 aliphatic heterocycles. The number of hydrogen-bond acceptors (Lipinski definition) is 3. The third-order valence-electron chi connectivity index (χ3n) is 3.43. The summed E-state index contributed by atoms with van der Waals surface area (Å²) in [6, 6.07) is 5.66. The Balaban J connectivity index is 2.49. The van der Waals surface area contributed by atoms with Crippen molar-refractivity contribution < 1.29 is 18.7 Å². The zero-order chi connectivity index (χ0) is 14.9. The molecule has 4 heteroatoms. The van der Waals surface area contributed by atoms with Crippen LogP contribution in [0.15, 0.2) is 35.6 Å². The Morgan fingerprint density at radius 3 is 2.50 bits per heavy atom. The van der Waals surface area contributed by atoms with E-state index < -0.39 is 11.6 Å². The third kappa shape index (κ3) is 2.64. The van der Waals surface area contributed by atoms with Crippen molar-refractivity contribution in [2.45, 2.75) is 26.7 Å². The molecule has 0 fully saturated rings. The van der Waals surface area contributed by atoms with Gasteiger partial charge in [-0.3, -0.25) is 9.59 Å². The molecular formula is C16H17FO3. The number of carbonyl (C=O) groups is 2. The molecule has 0 bridgehead atoms. The molecule has 0 saturated carbocycles. The van der Waals surface area contributed by atoms with Crippen LogP contribution in [0.25, 0.3) is 0 Å². The van der Waals surface area contributed by atoms with E-state index in [1.54, 1.807) is 6.07 Å². The lowest BCUT2D eigenvalue weighted by Crippen LogP contribution is -2.30. The van der Waals surface area contributed by atoms with E-state index >= 15 is 0 Å². The Hall–Kier alpha value is -1.97. The number of methoxy groups -OCH3 is 1. The van der Waals surface area contributed by atoms with Crippen LogP contribution in [0.1, 0.15) is 37.0 Å². The lowest BCUT2D eigenvalue weighted by molar-refractivity contribution is -0.118. The number of halogens is 1. The number of allylic oxidation sites excluding steroid dienone is 2. The summed E-state index contributed by atoms with van der Waals surface area (Å²) in [7, 11) is 1.43. The molecule has 1 aromatic rings. The van der Waals surface area contributed by atoms with Crippen LogP contribution in [0.2, 0.25) is 0 Å². The van der Waals surface area contributed by atoms with Gasteiger partial charge in [0, 0.05) is 12.8 Å². The van der Waals surface area contributed by atoms with Crippen molar-refractivity contribution in [3.05, 3.63) is 47.0 Å². The molecule has 1 aliphatic rings. The minimum Gasteiger partial charge on any atom is -0.500 e. The molecule has 0 saturated heterocycles. The van der Waals surface area contributed by atoms with Crippen molar-refractivity contribution in [1.29, 1.82) is 0 Å². The van der Waals surface area contributed by atoms with Gasteiger partial charge in [-0.1, -0.05) is 26.0 Å². The fraction of sp³-hybridized carbons (Fsp3) is 0.375. The summed E-state index contributed by atoms with van der Waals surface area (Å²) in [4.78, 5) is 24.6. The summed E-state index contributed by atoms with van der Waals surface area (Å²) < 4.78 is 18.9. The second kappa shape index (κ2) is 5.19. The number of ketones is 2. The van der Waals surface area contributed by atoms with Crippen LogP contribution in [0.3, 0.4) is 0 Å². The van der Waals surface area contributed by atoms with E-state index in [1.165, 1.54) is 25.3 Å². The highest BCUT2D eigenvalue weighted by Gasteiger charge is 2.37. The predicted molar refractivity (Wildman–Crippen MR) is 72.8 cm³/mol. The maximum Gasteiger partial charge on any atom is 0.202 e. The van der Waals surface area contributed by atoms with E-state index in [1.807, 2.05) is 13.8 Å². The first kappa shape index (κ1) is 14.4. The monoisotopic (exact) mass is 276 g/mol.